The molecule has 0 radical (unpaired) electrons. The highest BCUT2D eigenvalue weighted by atomic mass is 35.5. The number of carbonyl (C=O) groups is 2. The second-order valence-electron chi connectivity index (χ2n) is 3.18. The molecule has 0 spiro atoms. The van der Waals surface area contributed by atoms with Crippen molar-refractivity contribution >= 4 is 23.3 Å². The van der Waals surface area contributed by atoms with Crippen LogP contribution in [0.4, 0.5) is 0 Å². The fourth-order valence-electron chi connectivity index (χ4n) is 1.15. The lowest BCUT2D eigenvalue weighted by atomic mass is 10.1. The minimum absolute atomic E-state index is 0.0298. The van der Waals surface area contributed by atoms with E-state index in [1.165, 1.54) is 20.1 Å². The van der Waals surface area contributed by atoms with Crippen LogP contribution in [0, 0.1) is 0 Å². The van der Waals surface area contributed by atoms with E-state index >= 15 is 0 Å². The lowest BCUT2D eigenvalue weighted by Crippen LogP contribution is -2.27. The van der Waals surface area contributed by atoms with Gasteiger partial charge >= 0.3 is 0 Å². The summed E-state index contributed by atoms with van der Waals surface area (Å²) in [4.78, 5) is 22.2. The van der Waals surface area contributed by atoms with E-state index in [-0.39, 0.29) is 18.2 Å². The van der Waals surface area contributed by atoms with E-state index in [9.17, 15) is 9.59 Å². The highest BCUT2D eigenvalue weighted by molar-refractivity contribution is 6.32. The molecule has 0 aromatic heterocycles. The van der Waals surface area contributed by atoms with Crippen molar-refractivity contribution in [1.29, 1.82) is 0 Å². The van der Waals surface area contributed by atoms with E-state index in [0.717, 1.165) is 0 Å². The topological polar surface area (TPSA) is 55.4 Å². The van der Waals surface area contributed by atoms with E-state index in [1.807, 2.05) is 0 Å². The van der Waals surface area contributed by atoms with Crippen LogP contribution in [0.2, 0.25) is 5.02 Å². The number of ketones is 1. The van der Waals surface area contributed by atoms with Crippen LogP contribution in [0.25, 0.3) is 0 Å². The standard InChI is InChI=1S/C11H12ClNO3/c1-7(14)13-6-10(15)8-3-4-11(16-2)9(12)5-8/h3-5H,6H2,1-2H3,(H,13,14). The lowest BCUT2D eigenvalue weighted by molar-refractivity contribution is -0.118. The molecule has 86 valence electrons. The summed E-state index contributed by atoms with van der Waals surface area (Å²) in [5.41, 5.74) is 0.444. The number of ether oxygens (including phenoxy) is 1. The van der Waals surface area contributed by atoms with Gasteiger partial charge in [0.1, 0.15) is 5.75 Å². The summed E-state index contributed by atoms with van der Waals surface area (Å²) >= 11 is 5.87. The van der Waals surface area contributed by atoms with Gasteiger partial charge in [0.05, 0.1) is 18.7 Å². The molecule has 1 N–H and O–H groups in total. The Morgan fingerprint density at radius 2 is 2.12 bits per heavy atom. The Bertz CT molecular complexity index is 418. The second kappa shape index (κ2) is 5.51. The first kappa shape index (κ1) is 12.5. The number of carbonyl (C=O) groups excluding carboxylic acids is 2. The average molecular weight is 242 g/mol. The molecule has 1 rings (SSSR count). The molecule has 0 unspecified atom stereocenters. The van der Waals surface area contributed by atoms with Crippen molar-refractivity contribution in [3.05, 3.63) is 28.8 Å². The third-order valence-corrected chi connectivity index (χ3v) is 2.27. The Balaban J connectivity index is 2.77. The minimum atomic E-state index is -0.243. The SMILES string of the molecule is COc1ccc(C(=O)CNC(C)=O)cc1Cl. The average Bonchev–Trinajstić information content (AvgIpc) is 2.25. The van der Waals surface area contributed by atoms with Crippen molar-refractivity contribution in [3.63, 3.8) is 0 Å². The van der Waals surface area contributed by atoms with Gasteiger partial charge in [0.15, 0.2) is 5.78 Å². The van der Waals surface area contributed by atoms with Crippen LogP contribution < -0.4 is 10.1 Å². The molecule has 1 aromatic rings. The number of halogens is 1. The summed E-state index contributed by atoms with van der Waals surface area (Å²) in [6.07, 6.45) is 0. The molecule has 0 fully saturated rings. The van der Waals surface area contributed by atoms with E-state index in [2.05, 4.69) is 5.32 Å². The Morgan fingerprint density at radius 1 is 1.44 bits per heavy atom. The maximum absolute atomic E-state index is 11.6. The predicted molar refractivity (Wildman–Crippen MR) is 61.0 cm³/mol. The fraction of sp³-hybridized carbons (Fsp3) is 0.273. The summed E-state index contributed by atoms with van der Waals surface area (Å²) in [5, 5.41) is 2.80. The van der Waals surface area contributed by atoms with Gasteiger partial charge in [-0.25, -0.2) is 0 Å². The summed E-state index contributed by atoms with van der Waals surface area (Å²) in [6.45, 7) is 1.33. The molecule has 0 saturated carbocycles. The maximum atomic E-state index is 11.6. The normalized spacial score (nSPS) is 9.69. The first-order valence-electron chi connectivity index (χ1n) is 4.65. The van der Waals surface area contributed by atoms with Crippen LogP contribution in [-0.4, -0.2) is 25.3 Å². The van der Waals surface area contributed by atoms with Crippen molar-refractivity contribution < 1.29 is 14.3 Å². The molecular weight excluding hydrogens is 230 g/mol. The summed E-state index contributed by atoms with van der Waals surface area (Å²) < 4.78 is 4.96. The molecular formula is C11H12ClNO3. The zero-order valence-electron chi connectivity index (χ0n) is 9.04. The fourth-order valence-corrected chi connectivity index (χ4v) is 1.40. The van der Waals surface area contributed by atoms with Gasteiger partial charge in [0.2, 0.25) is 5.91 Å². The van der Waals surface area contributed by atoms with Crippen LogP contribution in [0.1, 0.15) is 17.3 Å². The van der Waals surface area contributed by atoms with Crippen molar-refractivity contribution in [3.8, 4) is 5.75 Å². The Hall–Kier alpha value is -1.55. The van der Waals surface area contributed by atoms with Gasteiger partial charge in [-0.2, -0.15) is 0 Å². The van der Waals surface area contributed by atoms with Crippen LogP contribution in [0.5, 0.6) is 5.75 Å². The van der Waals surface area contributed by atoms with Crippen LogP contribution in [0.3, 0.4) is 0 Å². The molecule has 0 saturated heterocycles. The number of nitrogens with one attached hydrogen (secondary N) is 1. The Kier molecular flexibility index (Phi) is 4.31. The number of methoxy groups -OCH3 is 1. The van der Waals surface area contributed by atoms with Gasteiger partial charge in [-0.05, 0) is 18.2 Å². The van der Waals surface area contributed by atoms with Crippen LogP contribution >= 0.6 is 11.6 Å². The molecule has 4 nitrogen and oxygen atoms in total. The molecule has 0 aliphatic heterocycles. The molecule has 5 heteroatoms. The summed E-state index contributed by atoms with van der Waals surface area (Å²) in [6, 6.07) is 4.74. The number of Topliss-reactive ketones (excluding diaryl/α,β-unsaturated/α-hetero) is 1. The van der Waals surface area contributed by atoms with Gasteiger partial charge < -0.3 is 10.1 Å². The van der Waals surface area contributed by atoms with Gasteiger partial charge in [-0.15, -0.1) is 0 Å². The minimum Gasteiger partial charge on any atom is -0.495 e. The van der Waals surface area contributed by atoms with Crippen LogP contribution in [0.15, 0.2) is 18.2 Å². The predicted octanol–water partition coefficient (Wildman–Crippen LogP) is 1.67. The molecule has 0 heterocycles. The third-order valence-electron chi connectivity index (χ3n) is 1.97. The number of rotatable bonds is 4. The van der Waals surface area contributed by atoms with Gasteiger partial charge in [-0.1, -0.05) is 11.6 Å². The number of benzene rings is 1. The zero-order valence-corrected chi connectivity index (χ0v) is 9.80. The zero-order chi connectivity index (χ0) is 12.1. The Labute approximate surface area is 98.5 Å². The van der Waals surface area contributed by atoms with Gasteiger partial charge in [0.25, 0.3) is 0 Å². The van der Waals surface area contributed by atoms with E-state index in [1.54, 1.807) is 12.1 Å². The molecule has 0 aliphatic rings. The first-order valence-corrected chi connectivity index (χ1v) is 5.03. The quantitative estimate of drug-likeness (QED) is 0.816. The maximum Gasteiger partial charge on any atom is 0.217 e. The van der Waals surface area contributed by atoms with Crippen molar-refractivity contribution in [2.24, 2.45) is 0 Å². The molecule has 0 atom stereocenters. The van der Waals surface area contributed by atoms with E-state index in [0.29, 0.717) is 16.3 Å². The highest BCUT2D eigenvalue weighted by Crippen LogP contribution is 2.24. The van der Waals surface area contributed by atoms with Crippen molar-refractivity contribution in [2.45, 2.75) is 6.92 Å². The molecule has 16 heavy (non-hydrogen) atoms. The number of amides is 1. The molecule has 1 amide bonds. The lowest BCUT2D eigenvalue weighted by Gasteiger charge is -2.05. The summed E-state index contributed by atoms with van der Waals surface area (Å²) in [5.74, 6) is 0.0745. The van der Waals surface area contributed by atoms with E-state index in [4.69, 9.17) is 16.3 Å². The van der Waals surface area contributed by atoms with Crippen molar-refractivity contribution in [2.75, 3.05) is 13.7 Å². The van der Waals surface area contributed by atoms with Gasteiger partial charge in [-0.3, -0.25) is 9.59 Å². The molecule has 0 bridgehead atoms. The number of hydrogen-bond donors (Lipinski definition) is 1. The highest BCUT2D eigenvalue weighted by Gasteiger charge is 2.09. The monoisotopic (exact) mass is 241 g/mol. The molecule has 0 aliphatic carbocycles. The second-order valence-corrected chi connectivity index (χ2v) is 3.59. The van der Waals surface area contributed by atoms with Crippen LogP contribution in [-0.2, 0) is 4.79 Å². The largest absolute Gasteiger partial charge is 0.495 e. The third kappa shape index (κ3) is 3.24. The van der Waals surface area contributed by atoms with E-state index < -0.39 is 0 Å². The van der Waals surface area contributed by atoms with Crippen molar-refractivity contribution in [1.82, 2.24) is 5.32 Å². The first-order chi connectivity index (χ1) is 7.54. The summed E-state index contributed by atoms with van der Waals surface area (Å²) in [7, 11) is 1.50. The smallest absolute Gasteiger partial charge is 0.217 e. The molecule has 1 aromatic carbocycles. The Morgan fingerprint density at radius 3 is 2.62 bits per heavy atom. The van der Waals surface area contributed by atoms with Gasteiger partial charge in [0, 0.05) is 12.5 Å². The number of hydrogen-bond acceptors (Lipinski definition) is 3.